The van der Waals surface area contributed by atoms with Gasteiger partial charge in [-0.1, -0.05) is 0 Å². The van der Waals surface area contributed by atoms with E-state index in [-0.39, 0.29) is 11.6 Å². The van der Waals surface area contributed by atoms with Gasteiger partial charge in [-0.2, -0.15) is 4.98 Å². The summed E-state index contributed by atoms with van der Waals surface area (Å²) < 4.78 is 0. The summed E-state index contributed by atoms with van der Waals surface area (Å²) in [5, 5.41) is 19.4. The predicted octanol–water partition coefficient (Wildman–Crippen LogP) is 1.66. The molecule has 2 heterocycles. The summed E-state index contributed by atoms with van der Waals surface area (Å²) in [6, 6.07) is 3.08. The van der Waals surface area contributed by atoms with Crippen molar-refractivity contribution in [3.8, 4) is 11.6 Å². The van der Waals surface area contributed by atoms with E-state index in [0.29, 0.717) is 11.0 Å². The van der Waals surface area contributed by atoms with Crippen LogP contribution in [-0.2, 0) is 0 Å². The number of hydrogen-bond acceptors (Lipinski definition) is 4. The third-order valence-corrected chi connectivity index (χ3v) is 2.07. The fourth-order valence-electron chi connectivity index (χ4n) is 1.55. The second kappa shape index (κ2) is 2.83. The Bertz CT molecular complexity index is 466. The van der Waals surface area contributed by atoms with Crippen LogP contribution in [-0.4, -0.2) is 20.2 Å². The fraction of sp³-hybridized carbons (Fsp3) is 0.200. The Morgan fingerprint density at radius 1 is 1.07 bits per heavy atom. The first-order valence-electron chi connectivity index (χ1n) is 4.25. The molecule has 4 heteroatoms. The van der Waals surface area contributed by atoms with E-state index in [1.165, 1.54) is 6.07 Å². The van der Waals surface area contributed by atoms with Gasteiger partial charge in [-0.15, -0.1) is 0 Å². The van der Waals surface area contributed by atoms with Crippen molar-refractivity contribution < 1.29 is 10.2 Å². The minimum absolute atomic E-state index is 0.0116. The average Bonchev–Trinajstić information content (AvgIpc) is 1.99. The van der Waals surface area contributed by atoms with Gasteiger partial charge < -0.3 is 10.2 Å². The van der Waals surface area contributed by atoms with Gasteiger partial charge in [-0.05, 0) is 25.5 Å². The SMILES string of the molecule is Cc1cc(C)c2c(O)cc(O)nc2n1. The monoisotopic (exact) mass is 190 g/mol. The van der Waals surface area contributed by atoms with Crippen LogP contribution in [0.1, 0.15) is 11.3 Å². The highest BCUT2D eigenvalue weighted by molar-refractivity contribution is 5.85. The Morgan fingerprint density at radius 3 is 2.50 bits per heavy atom. The third kappa shape index (κ3) is 1.25. The molecule has 0 saturated heterocycles. The Morgan fingerprint density at radius 2 is 1.79 bits per heavy atom. The molecule has 0 aliphatic rings. The normalized spacial score (nSPS) is 10.7. The van der Waals surface area contributed by atoms with Crippen molar-refractivity contribution in [3.05, 3.63) is 23.4 Å². The van der Waals surface area contributed by atoms with Gasteiger partial charge in [-0.25, -0.2) is 4.98 Å². The van der Waals surface area contributed by atoms with E-state index in [2.05, 4.69) is 9.97 Å². The molecule has 0 bridgehead atoms. The van der Waals surface area contributed by atoms with Gasteiger partial charge in [0, 0.05) is 11.8 Å². The highest BCUT2D eigenvalue weighted by Crippen LogP contribution is 2.28. The molecule has 0 spiro atoms. The van der Waals surface area contributed by atoms with Crippen LogP contribution in [0.15, 0.2) is 12.1 Å². The number of aryl methyl sites for hydroxylation is 2. The molecule has 2 aromatic heterocycles. The molecule has 4 nitrogen and oxygen atoms in total. The number of rotatable bonds is 0. The second-order valence-electron chi connectivity index (χ2n) is 3.28. The maximum absolute atomic E-state index is 9.58. The van der Waals surface area contributed by atoms with Crippen molar-refractivity contribution in [1.82, 2.24) is 9.97 Å². The summed E-state index contributed by atoms with van der Waals surface area (Å²) >= 11 is 0. The van der Waals surface area contributed by atoms with Gasteiger partial charge in [0.15, 0.2) is 5.65 Å². The minimum atomic E-state index is -0.215. The third-order valence-electron chi connectivity index (χ3n) is 2.07. The van der Waals surface area contributed by atoms with Crippen molar-refractivity contribution in [1.29, 1.82) is 0 Å². The molecule has 0 aliphatic heterocycles. The largest absolute Gasteiger partial charge is 0.507 e. The molecule has 2 aromatic rings. The molecule has 14 heavy (non-hydrogen) atoms. The van der Waals surface area contributed by atoms with Crippen LogP contribution in [0.4, 0.5) is 0 Å². The zero-order valence-corrected chi connectivity index (χ0v) is 7.94. The van der Waals surface area contributed by atoms with Gasteiger partial charge >= 0.3 is 0 Å². The van der Waals surface area contributed by atoms with E-state index in [9.17, 15) is 10.2 Å². The lowest BCUT2D eigenvalue weighted by Crippen LogP contribution is -1.90. The standard InChI is InChI=1S/C10H10N2O2/c1-5-3-6(2)11-10-9(5)7(13)4-8(14)12-10/h3-4H,1-2H3,(H2,11,12,13,14). The van der Waals surface area contributed by atoms with Crippen LogP contribution < -0.4 is 0 Å². The van der Waals surface area contributed by atoms with E-state index in [1.807, 2.05) is 19.9 Å². The number of fused-ring (bicyclic) bond motifs is 1. The van der Waals surface area contributed by atoms with E-state index in [0.717, 1.165) is 11.3 Å². The van der Waals surface area contributed by atoms with Crippen molar-refractivity contribution in [2.75, 3.05) is 0 Å². The van der Waals surface area contributed by atoms with Crippen LogP contribution >= 0.6 is 0 Å². The van der Waals surface area contributed by atoms with Crippen LogP contribution in [0.2, 0.25) is 0 Å². The van der Waals surface area contributed by atoms with Crippen molar-refractivity contribution in [2.24, 2.45) is 0 Å². The lowest BCUT2D eigenvalue weighted by molar-refractivity contribution is 0.440. The molecule has 0 radical (unpaired) electrons. The number of hydrogen-bond donors (Lipinski definition) is 2. The molecule has 0 aromatic carbocycles. The van der Waals surface area contributed by atoms with Crippen molar-refractivity contribution >= 4 is 11.0 Å². The topological polar surface area (TPSA) is 66.2 Å². The summed E-state index contributed by atoms with van der Waals surface area (Å²) in [4.78, 5) is 7.97. The van der Waals surface area contributed by atoms with Crippen LogP contribution in [0.25, 0.3) is 11.0 Å². The van der Waals surface area contributed by atoms with Gasteiger partial charge in [0.1, 0.15) is 5.75 Å². The van der Waals surface area contributed by atoms with E-state index < -0.39 is 0 Å². The van der Waals surface area contributed by atoms with Gasteiger partial charge in [-0.3, -0.25) is 0 Å². The Hall–Kier alpha value is -1.84. The summed E-state index contributed by atoms with van der Waals surface area (Å²) in [6.07, 6.45) is 0. The number of aromatic nitrogens is 2. The highest BCUT2D eigenvalue weighted by Gasteiger charge is 2.08. The lowest BCUT2D eigenvalue weighted by Gasteiger charge is -2.05. The minimum Gasteiger partial charge on any atom is -0.507 e. The number of pyridine rings is 2. The van der Waals surface area contributed by atoms with Gasteiger partial charge in [0.2, 0.25) is 5.88 Å². The number of aromatic hydroxyl groups is 2. The Labute approximate surface area is 80.9 Å². The maximum Gasteiger partial charge on any atom is 0.216 e. The highest BCUT2D eigenvalue weighted by atomic mass is 16.3. The summed E-state index contributed by atoms with van der Waals surface area (Å²) in [5.41, 5.74) is 2.09. The maximum atomic E-state index is 9.58. The van der Waals surface area contributed by atoms with Crippen LogP contribution in [0.3, 0.4) is 0 Å². The molecular formula is C10H10N2O2. The van der Waals surface area contributed by atoms with E-state index in [1.54, 1.807) is 0 Å². The average molecular weight is 190 g/mol. The van der Waals surface area contributed by atoms with Crippen molar-refractivity contribution in [2.45, 2.75) is 13.8 Å². The molecule has 72 valence electrons. The molecule has 0 aliphatic carbocycles. The molecule has 2 rings (SSSR count). The first-order valence-corrected chi connectivity index (χ1v) is 4.25. The van der Waals surface area contributed by atoms with Gasteiger partial charge in [0.05, 0.1) is 5.39 Å². The predicted molar refractivity (Wildman–Crippen MR) is 52.3 cm³/mol. The molecule has 0 fully saturated rings. The summed E-state index contributed by atoms with van der Waals surface area (Å²) in [6.45, 7) is 3.71. The number of nitrogens with zero attached hydrogens (tertiary/aromatic N) is 2. The zero-order chi connectivity index (χ0) is 10.3. The van der Waals surface area contributed by atoms with E-state index >= 15 is 0 Å². The first-order chi connectivity index (χ1) is 6.58. The fourth-order valence-corrected chi connectivity index (χ4v) is 1.55. The Kier molecular flexibility index (Phi) is 1.77. The first kappa shape index (κ1) is 8.74. The molecular weight excluding hydrogens is 180 g/mol. The molecule has 0 atom stereocenters. The summed E-state index contributed by atoms with van der Waals surface area (Å²) in [5.74, 6) is -0.204. The molecule has 2 N–H and O–H groups in total. The zero-order valence-electron chi connectivity index (χ0n) is 7.94. The van der Waals surface area contributed by atoms with E-state index in [4.69, 9.17) is 0 Å². The Balaban J connectivity index is 2.94. The molecule has 0 unspecified atom stereocenters. The van der Waals surface area contributed by atoms with Crippen molar-refractivity contribution in [3.63, 3.8) is 0 Å². The van der Waals surface area contributed by atoms with Crippen LogP contribution in [0, 0.1) is 13.8 Å². The quantitative estimate of drug-likeness (QED) is 0.663. The van der Waals surface area contributed by atoms with Crippen LogP contribution in [0.5, 0.6) is 11.6 Å². The lowest BCUT2D eigenvalue weighted by atomic mass is 10.1. The smallest absolute Gasteiger partial charge is 0.216 e. The summed E-state index contributed by atoms with van der Waals surface area (Å²) in [7, 11) is 0. The van der Waals surface area contributed by atoms with Gasteiger partial charge in [0.25, 0.3) is 0 Å². The molecule has 0 amide bonds. The molecule has 0 saturated carbocycles. The second-order valence-corrected chi connectivity index (χ2v) is 3.28.